The van der Waals surface area contributed by atoms with Crippen molar-refractivity contribution < 1.29 is 22.3 Å². The molecule has 0 saturated heterocycles. The van der Waals surface area contributed by atoms with Gasteiger partial charge >= 0.3 is 0 Å². The molecule has 0 radical (unpaired) electrons. The van der Waals surface area contributed by atoms with Crippen molar-refractivity contribution in [1.82, 2.24) is 0 Å². The maximum absolute atomic E-state index is 13.9. The molecular formula is C24H14F4O. The highest BCUT2D eigenvalue weighted by Crippen LogP contribution is 2.38. The average molecular weight is 394 g/mol. The van der Waals surface area contributed by atoms with Gasteiger partial charge in [-0.25, -0.2) is 17.6 Å². The summed E-state index contributed by atoms with van der Waals surface area (Å²) in [5, 5.41) is 0. The van der Waals surface area contributed by atoms with Crippen molar-refractivity contribution in [3.8, 4) is 33.8 Å². The molecule has 0 atom stereocenters. The highest BCUT2D eigenvalue weighted by Gasteiger charge is 2.14. The molecule has 0 saturated carbocycles. The van der Waals surface area contributed by atoms with Gasteiger partial charge in [0.2, 0.25) is 0 Å². The highest BCUT2D eigenvalue weighted by molar-refractivity contribution is 5.74. The lowest BCUT2D eigenvalue weighted by atomic mass is 10.0. The third-order valence-electron chi connectivity index (χ3n) is 4.42. The van der Waals surface area contributed by atoms with Gasteiger partial charge in [-0.2, -0.15) is 0 Å². The first-order valence-electron chi connectivity index (χ1n) is 8.78. The number of ether oxygens (including phenoxy) is 1. The van der Waals surface area contributed by atoms with Crippen molar-refractivity contribution in [1.29, 1.82) is 0 Å². The molecule has 0 aliphatic carbocycles. The normalized spacial score (nSPS) is 10.8. The lowest BCUT2D eigenvalue weighted by Crippen LogP contribution is -1.93. The van der Waals surface area contributed by atoms with Crippen LogP contribution in [0, 0.1) is 23.3 Å². The van der Waals surface area contributed by atoms with Gasteiger partial charge < -0.3 is 4.74 Å². The number of hydrogen-bond donors (Lipinski definition) is 0. The van der Waals surface area contributed by atoms with E-state index in [1.165, 1.54) is 60.7 Å². The average Bonchev–Trinajstić information content (AvgIpc) is 2.70. The van der Waals surface area contributed by atoms with Crippen molar-refractivity contribution in [3.63, 3.8) is 0 Å². The van der Waals surface area contributed by atoms with Crippen LogP contribution in [-0.4, -0.2) is 0 Å². The molecule has 29 heavy (non-hydrogen) atoms. The fraction of sp³-hybridized carbons (Fsp3) is 0. The Balaban J connectivity index is 1.80. The van der Waals surface area contributed by atoms with Gasteiger partial charge in [0.05, 0.1) is 0 Å². The second-order valence-electron chi connectivity index (χ2n) is 6.40. The van der Waals surface area contributed by atoms with Gasteiger partial charge in [0.25, 0.3) is 0 Å². The third-order valence-corrected chi connectivity index (χ3v) is 4.42. The Morgan fingerprint density at radius 2 is 0.759 bits per heavy atom. The molecule has 1 nitrogen and oxygen atoms in total. The Hall–Kier alpha value is -3.60. The Bertz CT molecular complexity index is 1060. The summed E-state index contributed by atoms with van der Waals surface area (Å²) in [5.74, 6) is -1.59. The quantitative estimate of drug-likeness (QED) is 0.328. The molecule has 0 aliphatic heterocycles. The fourth-order valence-electron chi connectivity index (χ4n) is 3.02. The summed E-state index contributed by atoms with van der Waals surface area (Å²) in [5.41, 5.74) is 2.25. The Kier molecular flexibility index (Phi) is 5.04. The van der Waals surface area contributed by atoms with Crippen LogP contribution >= 0.6 is 0 Å². The second kappa shape index (κ2) is 7.80. The first kappa shape index (κ1) is 18.7. The first-order valence-corrected chi connectivity index (χ1v) is 8.78. The molecule has 0 aliphatic rings. The van der Waals surface area contributed by atoms with Gasteiger partial charge in [0.15, 0.2) is 0 Å². The zero-order chi connectivity index (χ0) is 20.4. The maximum atomic E-state index is 13.9. The lowest BCUT2D eigenvalue weighted by molar-refractivity contribution is 0.475. The third kappa shape index (κ3) is 4.14. The van der Waals surface area contributed by atoms with E-state index in [4.69, 9.17) is 4.74 Å². The molecule has 0 unspecified atom stereocenters. The zero-order valence-corrected chi connectivity index (χ0v) is 15.0. The van der Waals surface area contributed by atoms with Crippen molar-refractivity contribution in [2.45, 2.75) is 0 Å². The molecule has 0 aromatic heterocycles. The molecule has 4 aromatic carbocycles. The minimum atomic E-state index is -0.536. The lowest BCUT2D eigenvalue weighted by Gasteiger charge is -2.15. The van der Waals surface area contributed by atoms with Crippen LogP contribution < -0.4 is 4.74 Å². The topological polar surface area (TPSA) is 9.23 Å². The molecule has 0 bridgehead atoms. The van der Waals surface area contributed by atoms with Gasteiger partial charge in [-0.3, -0.25) is 0 Å². The van der Waals surface area contributed by atoms with E-state index in [-0.39, 0.29) is 11.5 Å². The predicted molar refractivity (Wildman–Crippen MR) is 104 cm³/mol. The van der Waals surface area contributed by atoms with Crippen LogP contribution in [0.1, 0.15) is 0 Å². The molecule has 0 heterocycles. The van der Waals surface area contributed by atoms with Crippen molar-refractivity contribution in [3.05, 3.63) is 108 Å². The zero-order valence-electron chi connectivity index (χ0n) is 15.0. The van der Waals surface area contributed by atoms with Crippen LogP contribution in [0.4, 0.5) is 17.6 Å². The highest BCUT2D eigenvalue weighted by atomic mass is 19.1. The summed E-state index contributed by atoms with van der Waals surface area (Å²) in [6.45, 7) is 0. The van der Waals surface area contributed by atoms with Gasteiger partial charge in [-0.05, 0) is 59.7 Å². The van der Waals surface area contributed by atoms with Crippen LogP contribution in [0.25, 0.3) is 22.3 Å². The molecule has 0 N–H and O–H groups in total. The molecule has 0 spiro atoms. The van der Waals surface area contributed by atoms with Crippen LogP contribution in [0.3, 0.4) is 0 Å². The Morgan fingerprint density at radius 3 is 1.14 bits per heavy atom. The van der Waals surface area contributed by atoms with Crippen molar-refractivity contribution >= 4 is 0 Å². The number of hydrogen-bond acceptors (Lipinski definition) is 1. The Labute approximate surface area is 164 Å². The van der Waals surface area contributed by atoms with E-state index in [2.05, 4.69) is 0 Å². The van der Waals surface area contributed by atoms with E-state index in [9.17, 15) is 17.6 Å². The molecule has 5 heteroatoms. The van der Waals surface area contributed by atoms with Crippen molar-refractivity contribution in [2.75, 3.05) is 0 Å². The van der Waals surface area contributed by atoms with Crippen LogP contribution in [0.5, 0.6) is 11.5 Å². The van der Waals surface area contributed by atoms with E-state index >= 15 is 0 Å². The van der Waals surface area contributed by atoms with E-state index in [1.807, 2.05) is 0 Å². The summed E-state index contributed by atoms with van der Waals surface area (Å²) in [6.07, 6.45) is 0. The van der Waals surface area contributed by atoms with Gasteiger partial charge in [-0.1, -0.05) is 24.3 Å². The largest absolute Gasteiger partial charge is 0.456 e. The minimum absolute atomic E-state index is 0.144. The monoisotopic (exact) mass is 394 g/mol. The SMILES string of the molecule is Fc1ccc(-c2ccc(F)cc2Oc2cc(F)ccc2-c2ccc(F)cc2)cc1. The number of halogens is 4. The van der Waals surface area contributed by atoms with Crippen LogP contribution in [0.2, 0.25) is 0 Å². The van der Waals surface area contributed by atoms with E-state index in [1.54, 1.807) is 24.3 Å². The molecular weight excluding hydrogens is 380 g/mol. The Morgan fingerprint density at radius 1 is 0.414 bits per heavy atom. The van der Waals surface area contributed by atoms with E-state index in [0.29, 0.717) is 22.3 Å². The molecule has 4 rings (SSSR count). The summed E-state index contributed by atoms with van der Waals surface area (Å²) >= 11 is 0. The van der Waals surface area contributed by atoms with Crippen LogP contribution in [0.15, 0.2) is 84.9 Å². The van der Waals surface area contributed by atoms with Crippen molar-refractivity contribution in [2.24, 2.45) is 0 Å². The van der Waals surface area contributed by atoms with Gasteiger partial charge in [0.1, 0.15) is 34.8 Å². The number of benzene rings is 4. The molecule has 0 fully saturated rings. The molecule has 4 aromatic rings. The summed E-state index contributed by atoms with van der Waals surface area (Å²) < 4.78 is 60.3. The summed E-state index contributed by atoms with van der Waals surface area (Å²) in [4.78, 5) is 0. The minimum Gasteiger partial charge on any atom is -0.456 e. The van der Waals surface area contributed by atoms with Crippen LogP contribution in [-0.2, 0) is 0 Å². The second-order valence-corrected chi connectivity index (χ2v) is 6.40. The van der Waals surface area contributed by atoms with E-state index in [0.717, 1.165) is 0 Å². The first-order chi connectivity index (χ1) is 14.0. The maximum Gasteiger partial charge on any atom is 0.138 e. The number of rotatable bonds is 4. The summed E-state index contributed by atoms with van der Waals surface area (Å²) in [7, 11) is 0. The molecule has 144 valence electrons. The van der Waals surface area contributed by atoms with E-state index < -0.39 is 23.3 Å². The van der Waals surface area contributed by atoms with Gasteiger partial charge in [0, 0.05) is 23.3 Å². The fourth-order valence-corrected chi connectivity index (χ4v) is 3.02. The standard InChI is InChI=1S/C24H14F4O/c25-17-5-1-15(2-6-17)21-11-9-19(27)13-23(21)29-24-14-20(28)10-12-22(24)16-3-7-18(26)8-4-16/h1-14H. The molecule has 0 amide bonds. The summed E-state index contributed by atoms with van der Waals surface area (Å²) in [6, 6.07) is 19.2. The van der Waals surface area contributed by atoms with Gasteiger partial charge in [-0.15, -0.1) is 0 Å². The smallest absolute Gasteiger partial charge is 0.138 e. The predicted octanol–water partition coefficient (Wildman–Crippen LogP) is 7.37.